The highest BCUT2D eigenvalue weighted by molar-refractivity contribution is 5.79. The van der Waals surface area contributed by atoms with Crippen LogP contribution in [0.2, 0.25) is 0 Å². The molecule has 0 bridgehead atoms. The smallest absolute Gasteiger partial charge is 0.392 e. The van der Waals surface area contributed by atoms with Gasteiger partial charge >= 0.3 is 6.18 Å². The predicted octanol–water partition coefficient (Wildman–Crippen LogP) is 1.96. The maximum absolute atomic E-state index is 13.1. The number of morpholine rings is 1. The molecule has 21 heavy (non-hydrogen) atoms. The molecule has 1 aliphatic heterocycles. The number of rotatable bonds is 2. The van der Waals surface area contributed by atoms with Crippen molar-refractivity contribution in [3.8, 4) is 0 Å². The summed E-state index contributed by atoms with van der Waals surface area (Å²) in [4.78, 5) is 13.9. The minimum absolute atomic E-state index is 0.0310. The molecule has 1 amide bonds. The van der Waals surface area contributed by atoms with Gasteiger partial charge in [0.25, 0.3) is 0 Å². The summed E-state index contributed by atoms with van der Waals surface area (Å²) in [7, 11) is 0. The molecule has 0 aromatic carbocycles. The van der Waals surface area contributed by atoms with Crippen molar-refractivity contribution in [3.05, 3.63) is 0 Å². The molecule has 4 nitrogen and oxygen atoms in total. The minimum Gasteiger partial charge on any atom is -0.394 e. The third-order valence-electron chi connectivity index (χ3n) is 4.35. The number of hydrogen-bond acceptors (Lipinski definition) is 3. The molecular formula is C14H22F3NO3. The van der Waals surface area contributed by atoms with E-state index in [9.17, 15) is 18.0 Å². The van der Waals surface area contributed by atoms with Crippen molar-refractivity contribution < 1.29 is 27.8 Å². The Bertz CT molecular complexity index is 375. The van der Waals surface area contributed by atoms with Crippen molar-refractivity contribution in [3.63, 3.8) is 0 Å². The third-order valence-corrected chi connectivity index (χ3v) is 4.35. The molecule has 1 saturated carbocycles. The zero-order valence-electron chi connectivity index (χ0n) is 12.1. The van der Waals surface area contributed by atoms with Gasteiger partial charge in [-0.15, -0.1) is 0 Å². The van der Waals surface area contributed by atoms with Gasteiger partial charge in [0.05, 0.1) is 24.7 Å². The zero-order valence-corrected chi connectivity index (χ0v) is 12.1. The zero-order chi connectivity index (χ0) is 15.6. The van der Waals surface area contributed by atoms with Crippen LogP contribution in [0.15, 0.2) is 0 Å². The summed E-state index contributed by atoms with van der Waals surface area (Å²) in [6, 6.07) is 0. The normalized spacial score (nSPS) is 34.8. The van der Waals surface area contributed by atoms with E-state index in [-0.39, 0.29) is 32.2 Å². The van der Waals surface area contributed by atoms with Crippen LogP contribution in [-0.4, -0.2) is 54.0 Å². The van der Waals surface area contributed by atoms with Crippen LogP contribution in [0, 0.1) is 11.8 Å². The summed E-state index contributed by atoms with van der Waals surface area (Å²) in [5, 5.41) is 9.16. The van der Waals surface area contributed by atoms with Crippen molar-refractivity contribution in [1.29, 1.82) is 0 Å². The van der Waals surface area contributed by atoms with E-state index >= 15 is 0 Å². The lowest BCUT2D eigenvalue weighted by atomic mass is 9.78. The van der Waals surface area contributed by atoms with Crippen LogP contribution >= 0.6 is 0 Å². The Kier molecular flexibility index (Phi) is 5.14. The van der Waals surface area contributed by atoms with E-state index in [0.717, 1.165) is 0 Å². The van der Waals surface area contributed by atoms with Gasteiger partial charge in [-0.05, 0) is 19.8 Å². The van der Waals surface area contributed by atoms with Crippen LogP contribution in [0.1, 0.15) is 32.6 Å². The van der Waals surface area contributed by atoms with Gasteiger partial charge in [0.1, 0.15) is 0 Å². The van der Waals surface area contributed by atoms with Crippen molar-refractivity contribution in [1.82, 2.24) is 4.90 Å². The number of alkyl halides is 3. The molecular weight excluding hydrogens is 287 g/mol. The van der Waals surface area contributed by atoms with E-state index in [4.69, 9.17) is 9.84 Å². The molecule has 0 spiro atoms. The molecule has 0 aromatic rings. The van der Waals surface area contributed by atoms with Gasteiger partial charge in [0.15, 0.2) is 0 Å². The largest absolute Gasteiger partial charge is 0.394 e. The highest BCUT2D eigenvalue weighted by Gasteiger charge is 2.49. The predicted molar refractivity (Wildman–Crippen MR) is 69.5 cm³/mol. The van der Waals surface area contributed by atoms with Crippen molar-refractivity contribution in [2.24, 2.45) is 11.8 Å². The number of amides is 1. The van der Waals surface area contributed by atoms with E-state index in [1.54, 1.807) is 6.92 Å². The summed E-state index contributed by atoms with van der Waals surface area (Å²) in [5.41, 5.74) is 0. The van der Waals surface area contributed by atoms with Gasteiger partial charge in [0.2, 0.25) is 5.91 Å². The SMILES string of the molecule is CC1CN(C(=O)C2CCCCC2C(F)(F)F)CC(CO)O1. The first-order valence-corrected chi connectivity index (χ1v) is 7.44. The summed E-state index contributed by atoms with van der Waals surface area (Å²) >= 11 is 0. The van der Waals surface area contributed by atoms with Crippen molar-refractivity contribution >= 4 is 5.91 Å². The van der Waals surface area contributed by atoms with E-state index in [1.165, 1.54) is 4.90 Å². The van der Waals surface area contributed by atoms with Crippen LogP contribution in [0.25, 0.3) is 0 Å². The fraction of sp³-hybridized carbons (Fsp3) is 0.929. The topological polar surface area (TPSA) is 49.8 Å². The summed E-state index contributed by atoms with van der Waals surface area (Å²) in [6.07, 6.45) is -3.60. The lowest BCUT2D eigenvalue weighted by Gasteiger charge is -2.40. The number of carbonyl (C=O) groups excluding carboxylic acids is 1. The number of nitrogens with zero attached hydrogens (tertiary/aromatic N) is 1. The number of carbonyl (C=O) groups is 1. The second-order valence-corrected chi connectivity index (χ2v) is 6.03. The number of ether oxygens (including phenoxy) is 1. The first-order chi connectivity index (χ1) is 9.82. The standard InChI is InChI=1S/C14H22F3NO3/c1-9-6-18(7-10(8-19)21-9)13(20)11-4-2-3-5-12(11)14(15,16)17/h9-12,19H,2-8H2,1H3. The Balaban J connectivity index is 2.09. The lowest BCUT2D eigenvalue weighted by molar-refractivity contribution is -0.203. The van der Waals surface area contributed by atoms with Gasteiger partial charge in [0, 0.05) is 19.0 Å². The van der Waals surface area contributed by atoms with Gasteiger partial charge in [-0.25, -0.2) is 0 Å². The molecule has 2 fully saturated rings. The Morgan fingerprint density at radius 1 is 1.29 bits per heavy atom. The molecule has 1 saturated heterocycles. The van der Waals surface area contributed by atoms with E-state index in [1.807, 2.05) is 0 Å². The average Bonchev–Trinajstić information content (AvgIpc) is 2.45. The number of halogens is 3. The van der Waals surface area contributed by atoms with Crippen LogP contribution in [0.3, 0.4) is 0 Å². The molecule has 4 unspecified atom stereocenters. The monoisotopic (exact) mass is 309 g/mol. The van der Waals surface area contributed by atoms with Crippen LogP contribution < -0.4 is 0 Å². The minimum atomic E-state index is -4.32. The Morgan fingerprint density at radius 2 is 1.95 bits per heavy atom. The van der Waals surface area contributed by atoms with E-state index in [0.29, 0.717) is 19.3 Å². The van der Waals surface area contributed by atoms with Gasteiger partial charge in [-0.3, -0.25) is 4.79 Å². The quantitative estimate of drug-likeness (QED) is 0.848. The molecule has 2 aliphatic rings. The second-order valence-electron chi connectivity index (χ2n) is 6.03. The van der Waals surface area contributed by atoms with Gasteiger partial charge < -0.3 is 14.7 Å². The summed E-state index contributed by atoms with van der Waals surface area (Å²) in [6.45, 7) is 1.98. The number of hydrogen-bond donors (Lipinski definition) is 1. The lowest BCUT2D eigenvalue weighted by Crippen LogP contribution is -2.54. The summed E-state index contributed by atoms with van der Waals surface area (Å²) in [5.74, 6) is -2.96. The maximum Gasteiger partial charge on any atom is 0.392 e. The molecule has 2 rings (SSSR count). The first-order valence-electron chi connectivity index (χ1n) is 7.44. The van der Waals surface area contributed by atoms with Gasteiger partial charge in [-0.2, -0.15) is 13.2 Å². The highest BCUT2D eigenvalue weighted by Crippen LogP contribution is 2.42. The second kappa shape index (κ2) is 6.52. The van der Waals surface area contributed by atoms with Crippen LogP contribution in [0.4, 0.5) is 13.2 Å². The molecule has 0 radical (unpaired) electrons. The molecule has 1 heterocycles. The van der Waals surface area contributed by atoms with E-state index < -0.39 is 30.0 Å². The maximum atomic E-state index is 13.1. The van der Waals surface area contributed by atoms with Crippen LogP contribution in [0.5, 0.6) is 0 Å². The molecule has 4 atom stereocenters. The molecule has 122 valence electrons. The molecule has 1 N–H and O–H groups in total. The summed E-state index contributed by atoms with van der Waals surface area (Å²) < 4.78 is 44.7. The average molecular weight is 309 g/mol. The van der Waals surface area contributed by atoms with Gasteiger partial charge in [-0.1, -0.05) is 12.8 Å². The third kappa shape index (κ3) is 3.88. The Morgan fingerprint density at radius 3 is 2.57 bits per heavy atom. The Labute approximate surface area is 122 Å². The molecule has 7 heteroatoms. The molecule has 1 aliphatic carbocycles. The van der Waals surface area contributed by atoms with Crippen LogP contribution in [-0.2, 0) is 9.53 Å². The van der Waals surface area contributed by atoms with E-state index in [2.05, 4.69) is 0 Å². The number of aliphatic hydroxyl groups excluding tert-OH is 1. The fourth-order valence-corrected chi connectivity index (χ4v) is 3.38. The van der Waals surface area contributed by atoms with Crippen molar-refractivity contribution in [2.45, 2.75) is 51.0 Å². The first kappa shape index (κ1) is 16.5. The highest BCUT2D eigenvalue weighted by atomic mass is 19.4. The van der Waals surface area contributed by atoms with Crippen molar-refractivity contribution in [2.75, 3.05) is 19.7 Å². The molecule has 0 aromatic heterocycles. The Hall–Kier alpha value is -0.820. The number of aliphatic hydroxyl groups is 1. The fourth-order valence-electron chi connectivity index (χ4n) is 3.38.